The van der Waals surface area contributed by atoms with E-state index < -0.39 is 0 Å². The van der Waals surface area contributed by atoms with Crippen LogP contribution in [0.2, 0.25) is 0 Å². The van der Waals surface area contributed by atoms with Gasteiger partial charge < -0.3 is 15.5 Å². The van der Waals surface area contributed by atoms with Crippen molar-refractivity contribution in [2.75, 3.05) is 27.2 Å². The van der Waals surface area contributed by atoms with Gasteiger partial charge in [-0.1, -0.05) is 13.0 Å². The van der Waals surface area contributed by atoms with Crippen LogP contribution in [0.1, 0.15) is 22.5 Å². The number of aliphatic imine (C=N–C) groups is 1. The first-order valence-electron chi connectivity index (χ1n) is 8.64. The summed E-state index contributed by atoms with van der Waals surface area (Å²) in [7, 11) is 3.48. The van der Waals surface area contributed by atoms with E-state index in [1.165, 1.54) is 4.88 Å². The van der Waals surface area contributed by atoms with Crippen LogP contribution in [0.3, 0.4) is 0 Å². The fraction of sp³-hybridized carbons (Fsp3) is 0.444. The molecule has 7 nitrogen and oxygen atoms in total. The van der Waals surface area contributed by atoms with Crippen LogP contribution in [-0.2, 0) is 24.2 Å². The molecule has 0 aromatic carbocycles. The number of carbonyl (C=O) groups is 1. The Kier molecular flexibility index (Phi) is 8.01. The number of amides is 1. The number of nitrogens with zero attached hydrogens (tertiary/aromatic N) is 4. The fourth-order valence-corrected chi connectivity index (χ4v) is 3.02. The lowest BCUT2D eigenvalue weighted by Gasteiger charge is -2.18. The maximum atomic E-state index is 12.3. The van der Waals surface area contributed by atoms with Crippen molar-refractivity contribution in [1.29, 1.82) is 0 Å². The molecule has 1 amide bonds. The lowest BCUT2D eigenvalue weighted by atomic mass is 10.2. The van der Waals surface area contributed by atoms with Crippen LogP contribution in [0, 0.1) is 0 Å². The first kappa shape index (κ1) is 19.8. The Morgan fingerprint density at radius 2 is 2.15 bits per heavy atom. The van der Waals surface area contributed by atoms with Crippen molar-refractivity contribution in [3.63, 3.8) is 0 Å². The monoisotopic (exact) mass is 374 g/mol. The lowest BCUT2D eigenvalue weighted by Crippen LogP contribution is -2.43. The molecule has 2 rings (SSSR count). The van der Waals surface area contributed by atoms with E-state index >= 15 is 0 Å². The highest BCUT2D eigenvalue weighted by Crippen LogP contribution is 2.12. The summed E-state index contributed by atoms with van der Waals surface area (Å²) in [4.78, 5) is 28.0. The predicted octanol–water partition coefficient (Wildman–Crippen LogP) is 1.47. The molecule has 26 heavy (non-hydrogen) atoms. The third-order valence-electron chi connectivity index (χ3n) is 3.84. The lowest BCUT2D eigenvalue weighted by molar-refractivity contribution is -0.128. The Balaban J connectivity index is 1.71. The maximum Gasteiger partial charge on any atom is 0.241 e. The number of carbonyl (C=O) groups excluding carboxylic acids is 1. The van der Waals surface area contributed by atoms with Gasteiger partial charge in [0, 0.05) is 50.0 Å². The number of likely N-dealkylation sites (N-methyl/N-ethyl adjacent to an activating group) is 1. The SMILES string of the molecule is CCc1cnc(CNC(=NC)NCC(=O)N(C)CCc2ccccn2)s1. The number of thiazole rings is 1. The van der Waals surface area contributed by atoms with Crippen LogP contribution in [-0.4, -0.2) is 53.9 Å². The molecule has 2 aromatic rings. The van der Waals surface area contributed by atoms with Crippen LogP contribution in [0.4, 0.5) is 0 Å². The minimum Gasteiger partial charge on any atom is -0.350 e. The molecule has 0 saturated carbocycles. The first-order chi connectivity index (χ1) is 12.6. The van der Waals surface area contributed by atoms with E-state index in [1.54, 1.807) is 36.5 Å². The third-order valence-corrected chi connectivity index (χ3v) is 4.98. The average Bonchev–Trinajstić information content (AvgIpc) is 3.15. The molecule has 2 aromatic heterocycles. The van der Waals surface area contributed by atoms with Gasteiger partial charge in [0.05, 0.1) is 13.1 Å². The Labute approximate surface area is 158 Å². The third kappa shape index (κ3) is 6.44. The molecule has 0 unspecified atom stereocenters. The predicted molar refractivity (Wildman–Crippen MR) is 105 cm³/mol. The molecule has 140 valence electrons. The molecule has 0 aliphatic rings. The van der Waals surface area contributed by atoms with Crippen molar-refractivity contribution >= 4 is 23.2 Å². The molecule has 8 heteroatoms. The highest BCUT2D eigenvalue weighted by atomic mass is 32.1. The summed E-state index contributed by atoms with van der Waals surface area (Å²) in [5.41, 5.74) is 0.979. The van der Waals surface area contributed by atoms with Crippen molar-refractivity contribution in [2.45, 2.75) is 26.3 Å². The van der Waals surface area contributed by atoms with Crippen LogP contribution < -0.4 is 10.6 Å². The van der Waals surface area contributed by atoms with Crippen LogP contribution in [0.5, 0.6) is 0 Å². The number of aromatic nitrogens is 2. The standard InChI is InChI=1S/C18H26N6OS/c1-4-15-11-21-16(26-15)12-22-18(19-2)23-13-17(25)24(3)10-8-14-7-5-6-9-20-14/h5-7,9,11H,4,8,10,12-13H2,1-3H3,(H2,19,22,23). The van der Waals surface area contributed by atoms with Crippen LogP contribution in [0.15, 0.2) is 35.6 Å². The van der Waals surface area contributed by atoms with Crippen molar-refractivity contribution < 1.29 is 4.79 Å². The van der Waals surface area contributed by atoms with Crippen molar-refractivity contribution in [1.82, 2.24) is 25.5 Å². The van der Waals surface area contributed by atoms with Gasteiger partial charge >= 0.3 is 0 Å². The van der Waals surface area contributed by atoms with Crippen LogP contribution >= 0.6 is 11.3 Å². The minimum absolute atomic E-state index is 0.00592. The van der Waals surface area contributed by atoms with Gasteiger partial charge in [-0.15, -0.1) is 11.3 Å². The summed E-state index contributed by atoms with van der Waals surface area (Å²) < 4.78 is 0. The molecular formula is C18H26N6OS. The Morgan fingerprint density at radius 1 is 1.31 bits per heavy atom. The van der Waals surface area contributed by atoms with E-state index in [2.05, 4.69) is 32.5 Å². The van der Waals surface area contributed by atoms with Gasteiger partial charge in [0.1, 0.15) is 5.01 Å². The summed E-state index contributed by atoms with van der Waals surface area (Å²) in [6.07, 6.45) is 5.39. The first-order valence-corrected chi connectivity index (χ1v) is 9.46. The van der Waals surface area contributed by atoms with Gasteiger partial charge in [0.2, 0.25) is 5.91 Å². The van der Waals surface area contributed by atoms with Crippen molar-refractivity contribution in [3.8, 4) is 0 Å². The maximum absolute atomic E-state index is 12.3. The molecule has 0 saturated heterocycles. The summed E-state index contributed by atoms with van der Waals surface area (Å²) in [6, 6.07) is 5.80. The largest absolute Gasteiger partial charge is 0.350 e. The van der Waals surface area contributed by atoms with E-state index in [0.29, 0.717) is 19.0 Å². The minimum atomic E-state index is 0.00592. The second kappa shape index (κ2) is 10.5. The smallest absolute Gasteiger partial charge is 0.241 e. The highest BCUT2D eigenvalue weighted by Gasteiger charge is 2.10. The number of rotatable bonds is 8. The zero-order valence-electron chi connectivity index (χ0n) is 15.5. The Hall–Kier alpha value is -2.48. The van der Waals surface area contributed by atoms with Crippen LogP contribution in [0.25, 0.3) is 0 Å². The number of pyridine rings is 1. The van der Waals surface area contributed by atoms with Crippen molar-refractivity contribution in [3.05, 3.63) is 46.2 Å². The normalized spacial score (nSPS) is 11.3. The zero-order chi connectivity index (χ0) is 18.8. The van der Waals surface area contributed by atoms with Gasteiger partial charge in [-0.3, -0.25) is 14.8 Å². The topological polar surface area (TPSA) is 82.5 Å². The number of guanidine groups is 1. The second-order valence-corrected chi connectivity index (χ2v) is 6.94. The van der Waals surface area contributed by atoms with E-state index in [0.717, 1.165) is 23.5 Å². The molecule has 0 radical (unpaired) electrons. The van der Waals surface area contributed by atoms with Gasteiger partial charge in [0.15, 0.2) is 5.96 Å². The molecule has 2 heterocycles. The van der Waals surface area contributed by atoms with Gasteiger partial charge in [-0.2, -0.15) is 0 Å². The molecule has 0 atom stereocenters. The summed E-state index contributed by atoms with van der Waals surface area (Å²) >= 11 is 1.68. The van der Waals surface area contributed by atoms with E-state index in [1.807, 2.05) is 24.4 Å². The number of hydrogen-bond acceptors (Lipinski definition) is 5. The molecule has 0 spiro atoms. The molecule has 0 aliphatic heterocycles. The van der Waals surface area contributed by atoms with E-state index in [4.69, 9.17) is 0 Å². The van der Waals surface area contributed by atoms with Gasteiger partial charge in [-0.25, -0.2) is 4.98 Å². The molecule has 0 aliphatic carbocycles. The fourth-order valence-electron chi connectivity index (χ4n) is 2.22. The second-order valence-electron chi connectivity index (χ2n) is 5.74. The van der Waals surface area contributed by atoms with E-state index in [-0.39, 0.29) is 12.5 Å². The Morgan fingerprint density at radius 3 is 2.81 bits per heavy atom. The summed E-state index contributed by atoms with van der Waals surface area (Å²) in [5, 5.41) is 7.23. The zero-order valence-corrected chi connectivity index (χ0v) is 16.3. The quantitative estimate of drug-likeness (QED) is 0.540. The molecule has 0 bridgehead atoms. The van der Waals surface area contributed by atoms with Gasteiger partial charge in [0.25, 0.3) is 0 Å². The van der Waals surface area contributed by atoms with E-state index in [9.17, 15) is 4.79 Å². The highest BCUT2D eigenvalue weighted by molar-refractivity contribution is 7.11. The summed E-state index contributed by atoms with van der Waals surface area (Å²) in [6.45, 7) is 3.52. The number of nitrogens with one attached hydrogen (secondary N) is 2. The van der Waals surface area contributed by atoms with Gasteiger partial charge in [-0.05, 0) is 18.6 Å². The average molecular weight is 375 g/mol. The molecule has 2 N–H and O–H groups in total. The Bertz CT molecular complexity index is 715. The number of hydrogen-bond donors (Lipinski definition) is 2. The van der Waals surface area contributed by atoms with Crippen molar-refractivity contribution in [2.24, 2.45) is 4.99 Å². The number of aryl methyl sites for hydroxylation is 1. The summed E-state index contributed by atoms with van der Waals surface area (Å²) in [5.74, 6) is 0.594. The molecular weight excluding hydrogens is 348 g/mol. The molecule has 0 fully saturated rings.